The average Bonchev–Trinajstić information content (AvgIpc) is 2.59. The van der Waals surface area contributed by atoms with E-state index in [-0.39, 0.29) is 23.2 Å². The fourth-order valence-corrected chi connectivity index (χ4v) is 4.59. The Hall–Kier alpha value is -0.605. The number of nitrogens with two attached hydrogens (primary N) is 1. The molecule has 0 aromatic heterocycles. The van der Waals surface area contributed by atoms with Crippen molar-refractivity contribution in [3.8, 4) is 0 Å². The summed E-state index contributed by atoms with van der Waals surface area (Å²) >= 11 is 0. The number of hydrogen-bond donors (Lipinski definition) is 1. The minimum Gasteiger partial charge on any atom is -0.379 e. The molecule has 0 bridgehead atoms. The zero-order valence-electron chi connectivity index (χ0n) is 16.3. The summed E-state index contributed by atoms with van der Waals surface area (Å²) in [6, 6.07) is -0.0177. The number of ketones is 1. The topological polar surface area (TPSA) is 52.3 Å². The number of ether oxygens (including phenoxy) is 1. The highest BCUT2D eigenvalue weighted by atomic mass is 16.5. The summed E-state index contributed by atoms with van der Waals surface area (Å²) in [4.78, 5) is 12.2. The lowest BCUT2D eigenvalue weighted by atomic mass is 9.59. The van der Waals surface area contributed by atoms with Crippen LogP contribution in [0.4, 0.5) is 0 Å². The van der Waals surface area contributed by atoms with Crippen molar-refractivity contribution in [1.29, 1.82) is 0 Å². The zero-order valence-corrected chi connectivity index (χ0v) is 16.3. The summed E-state index contributed by atoms with van der Waals surface area (Å²) in [5, 5.41) is -0.328. The van der Waals surface area contributed by atoms with E-state index in [1.165, 1.54) is 38.5 Å². The lowest BCUT2D eigenvalue weighted by molar-refractivity contribution is -0.114. The van der Waals surface area contributed by atoms with Crippen LogP contribution >= 0.6 is 0 Å². The Labute approximate surface area is 155 Å². The van der Waals surface area contributed by atoms with Crippen molar-refractivity contribution in [2.75, 3.05) is 7.11 Å². The van der Waals surface area contributed by atoms with Gasteiger partial charge in [-0.15, -0.1) is 0 Å². The van der Waals surface area contributed by atoms with Gasteiger partial charge in [-0.25, -0.2) is 0 Å². The molecule has 2 rings (SSSR count). The van der Waals surface area contributed by atoms with E-state index in [1.54, 1.807) is 14.0 Å². The van der Waals surface area contributed by atoms with Gasteiger partial charge < -0.3 is 10.5 Å². The van der Waals surface area contributed by atoms with Gasteiger partial charge in [0.15, 0.2) is 5.78 Å². The Balaban J connectivity index is 2.00. The molecule has 140 valence electrons. The Kier molecular flexibility index (Phi) is 8.21. The molecule has 0 saturated heterocycles. The van der Waals surface area contributed by atoms with E-state index in [0.29, 0.717) is 12.3 Å². The second kappa shape index (κ2) is 9.92. The van der Waals surface area contributed by atoms with Crippen LogP contribution in [0.5, 0.6) is 0 Å². The standard InChI is InChI=1S/C21H36BNO2/c1-16(24)18(15-21(22)11-7-4-8-12-21)14-20(25-2)19(23)13-17-9-5-3-6-10-17/h15,17,19-20H,3-14,23H2,1-2H3/b18-15+. The molecule has 3 nitrogen and oxygen atoms in total. The van der Waals surface area contributed by atoms with E-state index in [4.69, 9.17) is 18.3 Å². The first-order valence-electron chi connectivity index (χ1n) is 10.2. The molecule has 2 aliphatic rings. The van der Waals surface area contributed by atoms with Gasteiger partial charge in [0.05, 0.1) is 14.0 Å². The monoisotopic (exact) mass is 345 g/mol. The molecule has 0 spiro atoms. The van der Waals surface area contributed by atoms with Gasteiger partial charge in [0.25, 0.3) is 0 Å². The summed E-state index contributed by atoms with van der Waals surface area (Å²) in [6.07, 6.45) is 15.5. The first kappa shape index (κ1) is 20.7. The summed E-state index contributed by atoms with van der Waals surface area (Å²) in [7, 11) is 8.25. The van der Waals surface area contributed by atoms with E-state index in [9.17, 15) is 4.79 Å². The van der Waals surface area contributed by atoms with Gasteiger partial charge >= 0.3 is 0 Å². The van der Waals surface area contributed by atoms with E-state index in [1.807, 2.05) is 6.08 Å². The summed E-state index contributed by atoms with van der Waals surface area (Å²) in [5.41, 5.74) is 7.28. The molecule has 2 atom stereocenters. The van der Waals surface area contributed by atoms with E-state index in [0.717, 1.165) is 37.7 Å². The number of methoxy groups -OCH3 is 1. The molecular weight excluding hydrogens is 309 g/mol. The highest BCUT2D eigenvalue weighted by Crippen LogP contribution is 2.42. The molecule has 2 fully saturated rings. The van der Waals surface area contributed by atoms with Gasteiger partial charge in [0.1, 0.15) is 0 Å². The highest BCUT2D eigenvalue weighted by Gasteiger charge is 2.28. The SMILES string of the molecule is [B]C1(/C=C(\CC(OC)C(N)CC2CCCCC2)C(C)=O)CCCCC1. The highest BCUT2D eigenvalue weighted by molar-refractivity contribution is 6.17. The number of allylic oxidation sites excluding steroid dienone is 1. The van der Waals surface area contributed by atoms with Crippen LogP contribution < -0.4 is 5.73 Å². The smallest absolute Gasteiger partial charge is 0.155 e. The van der Waals surface area contributed by atoms with Gasteiger partial charge in [0, 0.05) is 19.6 Å². The van der Waals surface area contributed by atoms with Crippen molar-refractivity contribution in [3.05, 3.63) is 11.6 Å². The Morgan fingerprint density at radius 1 is 1.20 bits per heavy atom. The molecule has 0 heterocycles. The maximum Gasteiger partial charge on any atom is 0.155 e. The van der Waals surface area contributed by atoms with Crippen LogP contribution in [0.2, 0.25) is 5.31 Å². The van der Waals surface area contributed by atoms with Crippen LogP contribution in [-0.4, -0.2) is 32.9 Å². The first-order valence-corrected chi connectivity index (χ1v) is 10.2. The van der Waals surface area contributed by atoms with Crippen LogP contribution in [0, 0.1) is 5.92 Å². The molecular formula is C21H36BNO2. The molecule has 0 amide bonds. The second-order valence-corrected chi connectivity index (χ2v) is 8.40. The quantitative estimate of drug-likeness (QED) is 0.521. The fourth-order valence-electron chi connectivity index (χ4n) is 4.59. The lowest BCUT2D eigenvalue weighted by Gasteiger charge is -2.33. The van der Waals surface area contributed by atoms with Crippen LogP contribution in [0.1, 0.15) is 84.0 Å². The zero-order chi connectivity index (χ0) is 18.3. The molecule has 25 heavy (non-hydrogen) atoms. The maximum atomic E-state index is 12.2. The number of rotatable bonds is 8. The minimum absolute atomic E-state index is 0.0177. The third kappa shape index (κ3) is 6.56. The fraction of sp³-hybridized carbons (Fsp3) is 0.857. The Morgan fingerprint density at radius 2 is 1.80 bits per heavy atom. The van der Waals surface area contributed by atoms with Crippen LogP contribution in [-0.2, 0) is 9.53 Å². The normalized spacial score (nSPS) is 24.7. The van der Waals surface area contributed by atoms with Gasteiger partial charge in [-0.3, -0.25) is 4.79 Å². The molecule has 0 aromatic rings. The van der Waals surface area contributed by atoms with Crippen molar-refractivity contribution in [1.82, 2.24) is 0 Å². The minimum atomic E-state index is -0.328. The average molecular weight is 345 g/mol. The molecule has 2 radical (unpaired) electrons. The van der Waals surface area contributed by atoms with Gasteiger partial charge in [-0.2, -0.15) is 0 Å². The number of Topliss-reactive ketones (excluding diaryl/α,β-unsaturated/α-hetero) is 1. The molecule has 0 aromatic carbocycles. The molecule has 4 heteroatoms. The van der Waals surface area contributed by atoms with Gasteiger partial charge in [0.2, 0.25) is 0 Å². The molecule has 0 aliphatic heterocycles. The molecule has 2 unspecified atom stereocenters. The predicted molar refractivity (Wildman–Crippen MR) is 105 cm³/mol. The van der Waals surface area contributed by atoms with Crippen LogP contribution in [0.15, 0.2) is 11.6 Å². The van der Waals surface area contributed by atoms with E-state index >= 15 is 0 Å². The third-order valence-corrected chi connectivity index (χ3v) is 6.23. The molecule has 2 aliphatic carbocycles. The third-order valence-electron chi connectivity index (χ3n) is 6.23. The van der Waals surface area contributed by atoms with Crippen LogP contribution in [0.3, 0.4) is 0 Å². The lowest BCUT2D eigenvalue weighted by Crippen LogP contribution is -2.39. The van der Waals surface area contributed by atoms with Crippen molar-refractivity contribution >= 4 is 13.6 Å². The van der Waals surface area contributed by atoms with E-state index in [2.05, 4.69) is 0 Å². The van der Waals surface area contributed by atoms with Gasteiger partial charge in [-0.05, 0) is 30.1 Å². The summed E-state index contributed by atoms with van der Waals surface area (Å²) in [5.74, 6) is 0.813. The second-order valence-electron chi connectivity index (χ2n) is 8.40. The number of carbonyl (C=O) groups is 1. The van der Waals surface area contributed by atoms with Crippen molar-refractivity contribution in [3.63, 3.8) is 0 Å². The predicted octanol–water partition coefficient (Wildman–Crippen LogP) is 4.50. The summed E-state index contributed by atoms with van der Waals surface area (Å²) in [6.45, 7) is 1.64. The van der Waals surface area contributed by atoms with Crippen molar-refractivity contribution < 1.29 is 9.53 Å². The van der Waals surface area contributed by atoms with Crippen molar-refractivity contribution in [2.45, 2.75) is 101 Å². The number of hydrogen-bond acceptors (Lipinski definition) is 3. The molecule has 2 saturated carbocycles. The van der Waals surface area contributed by atoms with Gasteiger partial charge in [-0.1, -0.05) is 70.3 Å². The number of carbonyl (C=O) groups excluding carboxylic acids is 1. The molecule has 2 N–H and O–H groups in total. The largest absolute Gasteiger partial charge is 0.379 e. The summed E-state index contributed by atoms with van der Waals surface area (Å²) < 4.78 is 5.70. The Bertz CT molecular complexity index is 451. The van der Waals surface area contributed by atoms with Crippen molar-refractivity contribution in [2.24, 2.45) is 11.7 Å². The Morgan fingerprint density at radius 3 is 2.36 bits per heavy atom. The first-order chi connectivity index (χ1) is 11.9. The van der Waals surface area contributed by atoms with Crippen LogP contribution in [0.25, 0.3) is 0 Å². The van der Waals surface area contributed by atoms with E-state index < -0.39 is 0 Å². The maximum absolute atomic E-state index is 12.2.